The molecule has 0 unspecified atom stereocenters. The highest BCUT2D eigenvalue weighted by molar-refractivity contribution is 8.00. The summed E-state index contributed by atoms with van der Waals surface area (Å²) in [7, 11) is 0. The molecule has 2 aromatic rings. The van der Waals surface area contributed by atoms with Crippen LogP contribution < -0.4 is 16.9 Å². The zero-order chi connectivity index (χ0) is 13.7. The van der Waals surface area contributed by atoms with Crippen LogP contribution in [0.4, 0.5) is 9.93 Å². The number of anilines is 1. The molecule has 0 fully saturated rings. The first kappa shape index (κ1) is 13.8. The number of nitrogens with two attached hydrogens (primary N) is 2. The van der Waals surface area contributed by atoms with Crippen molar-refractivity contribution in [3.63, 3.8) is 0 Å². The van der Waals surface area contributed by atoms with E-state index in [1.165, 1.54) is 22.7 Å². The molecule has 2 amide bonds. The van der Waals surface area contributed by atoms with Gasteiger partial charge in [-0.2, -0.15) is 5.10 Å². The Kier molecular flexibility index (Phi) is 4.71. The van der Waals surface area contributed by atoms with Gasteiger partial charge in [-0.3, -0.25) is 0 Å². The highest BCUT2D eigenvalue weighted by Crippen LogP contribution is 2.28. The fourth-order valence-electron chi connectivity index (χ4n) is 1.12. The Balaban J connectivity index is 1.87. The van der Waals surface area contributed by atoms with Gasteiger partial charge in [-0.1, -0.05) is 23.1 Å². The van der Waals surface area contributed by atoms with E-state index in [0.29, 0.717) is 5.13 Å². The molecule has 5 N–H and O–H groups in total. The summed E-state index contributed by atoms with van der Waals surface area (Å²) in [5.74, 6) is 0.780. The van der Waals surface area contributed by atoms with E-state index in [4.69, 9.17) is 11.5 Å². The lowest BCUT2D eigenvalue weighted by Gasteiger charge is -1.92. The molecule has 0 atom stereocenters. The minimum atomic E-state index is -0.683. The van der Waals surface area contributed by atoms with Gasteiger partial charge in [-0.15, -0.1) is 21.5 Å². The Hall–Kier alpha value is -1.65. The SMILES string of the molecule is NC(=O)N/N=C/c1cc(CSc2nnc(N)s2)cs1. The van der Waals surface area contributed by atoms with E-state index in [1.54, 1.807) is 18.0 Å². The van der Waals surface area contributed by atoms with Crippen molar-refractivity contribution >= 4 is 51.8 Å². The Labute approximate surface area is 121 Å². The first-order valence-electron chi connectivity index (χ1n) is 5.01. The molecular formula is C9H10N6OS3. The molecule has 2 heterocycles. The van der Waals surface area contributed by atoms with E-state index in [0.717, 1.165) is 20.5 Å². The molecule has 0 bridgehead atoms. The summed E-state index contributed by atoms with van der Waals surface area (Å²) in [6.45, 7) is 0. The third-order valence-corrected chi connectivity index (χ3v) is 4.70. The van der Waals surface area contributed by atoms with E-state index in [2.05, 4.69) is 20.7 Å². The van der Waals surface area contributed by atoms with Gasteiger partial charge in [0.1, 0.15) is 0 Å². The Morgan fingerprint density at radius 2 is 2.42 bits per heavy atom. The second kappa shape index (κ2) is 6.50. The van der Waals surface area contributed by atoms with Crippen LogP contribution in [0.25, 0.3) is 0 Å². The van der Waals surface area contributed by atoms with Gasteiger partial charge >= 0.3 is 6.03 Å². The first-order chi connectivity index (χ1) is 9.13. The van der Waals surface area contributed by atoms with Crippen LogP contribution >= 0.6 is 34.4 Å². The summed E-state index contributed by atoms with van der Waals surface area (Å²) < 4.78 is 0.842. The van der Waals surface area contributed by atoms with Crippen LogP contribution in [-0.2, 0) is 5.75 Å². The predicted molar refractivity (Wildman–Crippen MR) is 78.5 cm³/mol. The van der Waals surface area contributed by atoms with Crippen LogP contribution in [0.3, 0.4) is 0 Å². The van der Waals surface area contributed by atoms with E-state index in [-0.39, 0.29) is 0 Å². The van der Waals surface area contributed by atoms with Gasteiger partial charge in [0.25, 0.3) is 0 Å². The van der Waals surface area contributed by atoms with Gasteiger partial charge in [0.15, 0.2) is 4.34 Å². The quantitative estimate of drug-likeness (QED) is 0.438. The van der Waals surface area contributed by atoms with Gasteiger partial charge in [-0.05, 0) is 17.0 Å². The number of carbonyl (C=O) groups excluding carboxylic acids is 1. The van der Waals surface area contributed by atoms with Crippen LogP contribution in [-0.4, -0.2) is 22.4 Å². The summed E-state index contributed by atoms with van der Waals surface area (Å²) in [5, 5.41) is 13.9. The molecule has 2 aromatic heterocycles. The lowest BCUT2D eigenvalue weighted by Crippen LogP contribution is -2.24. The number of hydrazone groups is 1. The van der Waals surface area contributed by atoms with E-state index in [1.807, 2.05) is 11.4 Å². The van der Waals surface area contributed by atoms with Crippen molar-refractivity contribution in [1.82, 2.24) is 15.6 Å². The minimum absolute atomic E-state index is 0.471. The number of urea groups is 1. The zero-order valence-corrected chi connectivity index (χ0v) is 12.0. The number of aromatic nitrogens is 2. The summed E-state index contributed by atoms with van der Waals surface area (Å²) in [4.78, 5) is 11.4. The molecule has 0 aliphatic carbocycles. The number of nitrogens with zero attached hydrogens (tertiary/aromatic N) is 3. The third kappa shape index (κ3) is 4.50. The summed E-state index contributed by atoms with van der Waals surface area (Å²) in [5.41, 5.74) is 13.7. The highest BCUT2D eigenvalue weighted by atomic mass is 32.2. The van der Waals surface area contributed by atoms with Gasteiger partial charge in [0.2, 0.25) is 5.13 Å². The standard InChI is InChI=1S/C9H10N6OS3/c10-7(16)13-12-2-6-1-5(3-17-6)4-18-9-15-14-8(11)19-9/h1-3H,4H2,(H2,11,14)(H3,10,13,16)/b12-2+. The molecule has 0 saturated carbocycles. The van der Waals surface area contributed by atoms with Crippen molar-refractivity contribution in [2.45, 2.75) is 10.1 Å². The molecule has 100 valence electrons. The van der Waals surface area contributed by atoms with Crippen LogP contribution in [0.15, 0.2) is 20.9 Å². The van der Waals surface area contributed by atoms with Crippen LogP contribution in [0.5, 0.6) is 0 Å². The molecule has 10 heteroatoms. The number of thioether (sulfide) groups is 1. The topological polar surface area (TPSA) is 119 Å². The highest BCUT2D eigenvalue weighted by Gasteiger charge is 2.04. The third-order valence-electron chi connectivity index (χ3n) is 1.82. The number of thiophene rings is 1. The number of nitrogens with one attached hydrogen (secondary N) is 1. The molecule has 7 nitrogen and oxygen atoms in total. The molecular weight excluding hydrogens is 304 g/mol. The molecule has 2 rings (SSSR count). The molecule has 0 aliphatic heterocycles. The molecule has 0 aliphatic rings. The fraction of sp³-hybridized carbons (Fsp3) is 0.111. The molecule has 0 spiro atoms. The number of rotatable bonds is 5. The van der Waals surface area contributed by atoms with E-state index in [9.17, 15) is 4.79 Å². The average Bonchev–Trinajstić information content (AvgIpc) is 2.95. The second-order valence-corrected chi connectivity index (χ2v) is 6.46. The van der Waals surface area contributed by atoms with Crippen LogP contribution in [0.2, 0.25) is 0 Å². The molecule has 0 aromatic carbocycles. The van der Waals surface area contributed by atoms with Gasteiger partial charge in [0, 0.05) is 10.6 Å². The number of nitrogen functional groups attached to an aromatic ring is 1. The fourth-order valence-corrected chi connectivity index (χ4v) is 3.56. The van der Waals surface area contributed by atoms with Gasteiger partial charge in [0.05, 0.1) is 6.21 Å². The molecule has 19 heavy (non-hydrogen) atoms. The summed E-state index contributed by atoms with van der Waals surface area (Å²) in [6, 6.07) is 1.30. The number of hydrogen-bond donors (Lipinski definition) is 3. The van der Waals surface area contributed by atoms with Crippen molar-refractivity contribution in [3.05, 3.63) is 21.9 Å². The van der Waals surface area contributed by atoms with Crippen molar-refractivity contribution in [2.24, 2.45) is 10.8 Å². The van der Waals surface area contributed by atoms with Crippen LogP contribution in [0.1, 0.15) is 10.4 Å². The second-order valence-electron chi connectivity index (χ2n) is 3.29. The Bertz CT molecular complexity index is 592. The van der Waals surface area contributed by atoms with Crippen molar-refractivity contribution in [1.29, 1.82) is 0 Å². The number of amides is 2. The van der Waals surface area contributed by atoms with E-state index >= 15 is 0 Å². The monoisotopic (exact) mass is 314 g/mol. The van der Waals surface area contributed by atoms with Crippen LogP contribution in [0, 0.1) is 0 Å². The number of primary amides is 1. The number of hydrogen-bond acceptors (Lipinski definition) is 8. The lowest BCUT2D eigenvalue weighted by atomic mass is 10.3. The average molecular weight is 314 g/mol. The largest absolute Gasteiger partial charge is 0.374 e. The maximum atomic E-state index is 10.4. The predicted octanol–water partition coefficient (Wildman–Crippen LogP) is 1.48. The van der Waals surface area contributed by atoms with Gasteiger partial charge < -0.3 is 11.5 Å². The van der Waals surface area contributed by atoms with E-state index < -0.39 is 6.03 Å². The minimum Gasteiger partial charge on any atom is -0.374 e. The summed E-state index contributed by atoms with van der Waals surface area (Å²) in [6.07, 6.45) is 1.55. The normalized spacial score (nSPS) is 10.9. The zero-order valence-electron chi connectivity index (χ0n) is 9.57. The van der Waals surface area contributed by atoms with Crippen molar-refractivity contribution in [3.8, 4) is 0 Å². The maximum Gasteiger partial charge on any atom is 0.332 e. The summed E-state index contributed by atoms with van der Waals surface area (Å²) >= 11 is 4.47. The van der Waals surface area contributed by atoms with Crippen molar-refractivity contribution in [2.75, 3.05) is 5.73 Å². The van der Waals surface area contributed by atoms with Gasteiger partial charge in [-0.25, -0.2) is 10.2 Å². The molecule has 0 saturated heterocycles. The maximum absolute atomic E-state index is 10.4. The Morgan fingerprint density at radius 1 is 1.58 bits per heavy atom. The molecule has 0 radical (unpaired) electrons. The smallest absolute Gasteiger partial charge is 0.332 e. The first-order valence-corrected chi connectivity index (χ1v) is 7.69. The lowest BCUT2D eigenvalue weighted by molar-refractivity contribution is 0.249. The van der Waals surface area contributed by atoms with Crippen molar-refractivity contribution < 1.29 is 4.79 Å². The Morgan fingerprint density at radius 3 is 3.11 bits per heavy atom. The number of carbonyl (C=O) groups is 1.